The molecule has 3 heterocycles. The lowest BCUT2D eigenvalue weighted by atomic mass is 9.87. The molecule has 1 atom stereocenters. The van der Waals surface area contributed by atoms with E-state index in [1.807, 2.05) is 6.08 Å². The first-order chi connectivity index (χ1) is 10.6. The van der Waals surface area contributed by atoms with Crippen LogP contribution in [0.2, 0.25) is 0 Å². The molecule has 3 amide bonds. The number of piperidine rings is 2. The number of nitrogens with zero attached hydrogens (tertiary/aromatic N) is 2. The number of amides is 3. The lowest BCUT2D eigenvalue weighted by Crippen LogP contribution is -2.55. The third-order valence-electron chi connectivity index (χ3n) is 5.18. The van der Waals surface area contributed by atoms with E-state index in [1.165, 1.54) is 4.90 Å². The van der Waals surface area contributed by atoms with Crippen molar-refractivity contribution in [3.05, 3.63) is 12.7 Å². The summed E-state index contributed by atoms with van der Waals surface area (Å²) in [7, 11) is 0. The number of carbonyl (C=O) groups is 2. The second kappa shape index (κ2) is 6.38. The largest absolute Gasteiger partial charge is 0.325 e. The minimum atomic E-state index is -0.656. The third-order valence-corrected chi connectivity index (χ3v) is 5.18. The smallest absolute Gasteiger partial charge is 0.323 e. The lowest BCUT2D eigenvalue weighted by Gasteiger charge is -2.37. The molecule has 3 saturated heterocycles. The molecule has 0 aliphatic carbocycles. The highest BCUT2D eigenvalue weighted by molar-refractivity contribution is 6.07. The average molecular weight is 306 g/mol. The van der Waals surface area contributed by atoms with Gasteiger partial charge in [-0.15, -0.1) is 6.58 Å². The van der Waals surface area contributed by atoms with Gasteiger partial charge in [-0.05, 0) is 44.7 Å². The van der Waals surface area contributed by atoms with Crippen molar-refractivity contribution in [2.24, 2.45) is 5.92 Å². The van der Waals surface area contributed by atoms with Gasteiger partial charge < -0.3 is 10.6 Å². The molecule has 22 heavy (non-hydrogen) atoms. The molecule has 122 valence electrons. The molecule has 0 saturated carbocycles. The standard InChI is InChI=1S/C16H26N4O2/c1-2-8-19-9-5-16(6-10-19)14(21)20(15(22)18-16)12-13-4-3-7-17-11-13/h2,13,17H,1,3-12H2,(H,18,22). The SMILES string of the molecule is C=CCN1CCC2(CC1)NC(=O)N(CC1CCCNC1)C2=O. The number of nitrogens with one attached hydrogen (secondary N) is 2. The van der Waals surface area contributed by atoms with Gasteiger partial charge in [-0.3, -0.25) is 14.6 Å². The zero-order chi connectivity index (χ0) is 15.6. The van der Waals surface area contributed by atoms with E-state index in [0.717, 1.165) is 45.6 Å². The topological polar surface area (TPSA) is 64.7 Å². The molecule has 0 aromatic carbocycles. The summed E-state index contributed by atoms with van der Waals surface area (Å²) in [4.78, 5) is 28.8. The lowest BCUT2D eigenvalue weighted by molar-refractivity contribution is -0.133. The molecule has 0 bridgehead atoms. The van der Waals surface area contributed by atoms with E-state index >= 15 is 0 Å². The van der Waals surface area contributed by atoms with Gasteiger partial charge in [-0.1, -0.05) is 6.08 Å². The van der Waals surface area contributed by atoms with Crippen molar-refractivity contribution >= 4 is 11.9 Å². The van der Waals surface area contributed by atoms with Gasteiger partial charge in [-0.2, -0.15) is 0 Å². The summed E-state index contributed by atoms with van der Waals surface area (Å²) in [6.45, 7) is 8.75. The molecule has 1 spiro atoms. The molecule has 3 aliphatic rings. The van der Waals surface area contributed by atoms with Crippen molar-refractivity contribution in [1.82, 2.24) is 20.4 Å². The molecule has 3 fully saturated rings. The van der Waals surface area contributed by atoms with Crippen LogP contribution in [0.15, 0.2) is 12.7 Å². The number of hydrogen-bond acceptors (Lipinski definition) is 4. The van der Waals surface area contributed by atoms with E-state index in [9.17, 15) is 9.59 Å². The van der Waals surface area contributed by atoms with E-state index in [-0.39, 0.29) is 11.9 Å². The zero-order valence-electron chi connectivity index (χ0n) is 13.1. The van der Waals surface area contributed by atoms with Gasteiger partial charge in [0.05, 0.1) is 0 Å². The van der Waals surface area contributed by atoms with E-state index in [2.05, 4.69) is 22.1 Å². The number of rotatable bonds is 4. The fourth-order valence-electron chi connectivity index (χ4n) is 3.82. The van der Waals surface area contributed by atoms with Crippen molar-refractivity contribution in [3.8, 4) is 0 Å². The summed E-state index contributed by atoms with van der Waals surface area (Å²) in [5.74, 6) is 0.376. The van der Waals surface area contributed by atoms with Crippen LogP contribution in [0.3, 0.4) is 0 Å². The fraction of sp³-hybridized carbons (Fsp3) is 0.750. The van der Waals surface area contributed by atoms with Crippen LogP contribution in [-0.4, -0.2) is 66.5 Å². The zero-order valence-corrected chi connectivity index (χ0v) is 13.1. The summed E-state index contributed by atoms with van der Waals surface area (Å²) in [6.07, 6.45) is 5.49. The normalized spacial score (nSPS) is 28.9. The van der Waals surface area contributed by atoms with E-state index in [0.29, 0.717) is 25.3 Å². The van der Waals surface area contributed by atoms with Crippen LogP contribution in [0.4, 0.5) is 4.79 Å². The quantitative estimate of drug-likeness (QED) is 0.588. The summed E-state index contributed by atoms with van der Waals surface area (Å²) < 4.78 is 0. The van der Waals surface area contributed by atoms with E-state index in [1.54, 1.807) is 0 Å². The maximum atomic E-state index is 12.8. The Morgan fingerprint density at radius 1 is 1.32 bits per heavy atom. The summed E-state index contributed by atoms with van der Waals surface area (Å²) in [6, 6.07) is -0.201. The second-order valence-corrected chi connectivity index (χ2v) is 6.73. The molecular formula is C16H26N4O2. The molecule has 6 heteroatoms. The van der Waals surface area contributed by atoms with Crippen LogP contribution in [0.1, 0.15) is 25.7 Å². The Bertz CT molecular complexity index is 451. The Morgan fingerprint density at radius 3 is 2.73 bits per heavy atom. The first-order valence-electron chi connectivity index (χ1n) is 8.33. The van der Waals surface area contributed by atoms with Gasteiger partial charge in [0.1, 0.15) is 5.54 Å². The highest BCUT2D eigenvalue weighted by Crippen LogP contribution is 2.30. The predicted octanol–water partition coefficient (Wildman–Crippen LogP) is 0.558. The first-order valence-corrected chi connectivity index (χ1v) is 8.33. The number of hydrogen-bond donors (Lipinski definition) is 2. The summed E-state index contributed by atoms with van der Waals surface area (Å²) in [5, 5.41) is 6.33. The number of imide groups is 1. The van der Waals surface area contributed by atoms with Crippen LogP contribution in [-0.2, 0) is 4.79 Å². The minimum absolute atomic E-state index is 0.0127. The minimum Gasteiger partial charge on any atom is -0.323 e. The second-order valence-electron chi connectivity index (χ2n) is 6.73. The van der Waals surface area contributed by atoms with Crippen molar-refractivity contribution in [2.75, 3.05) is 39.3 Å². The summed E-state index contributed by atoms with van der Waals surface area (Å²) in [5.41, 5.74) is -0.656. The van der Waals surface area contributed by atoms with E-state index in [4.69, 9.17) is 0 Å². The molecule has 0 aromatic rings. The molecule has 3 rings (SSSR count). The van der Waals surface area contributed by atoms with Crippen LogP contribution >= 0.6 is 0 Å². The highest BCUT2D eigenvalue weighted by atomic mass is 16.2. The molecule has 2 N–H and O–H groups in total. The molecule has 0 aromatic heterocycles. The fourth-order valence-corrected chi connectivity index (χ4v) is 3.82. The van der Waals surface area contributed by atoms with Crippen molar-refractivity contribution < 1.29 is 9.59 Å². The van der Waals surface area contributed by atoms with Crippen molar-refractivity contribution in [2.45, 2.75) is 31.2 Å². The van der Waals surface area contributed by atoms with Gasteiger partial charge in [0.25, 0.3) is 5.91 Å². The highest BCUT2D eigenvalue weighted by Gasteiger charge is 2.52. The monoisotopic (exact) mass is 306 g/mol. The maximum absolute atomic E-state index is 12.8. The third kappa shape index (κ3) is 2.90. The van der Waals surface area contributed by atoms with Gasteiger partial charge >= 0.3 is 6.03 Å². The predicted molar refractivity (Wildman–Crippen MR) is 84.4 cm³/mol. The Hall–Kier alpha value is -1.40. The van der Waals surface area contributed by atoms with Gasteiger partial charge in [0.15, 0.2) is 0 Å². The van der Waals surface area contributed by atoms with Crippen molar-refractivity contribution in [1.29, 1.82) is 0 Å². The maximum Gasteiger partial charge on any atom is 0.325 e. The molecule has 0 radical (unpaired) electrons. The average Bonchev–Trinajstić information content (AvgIpc) is 2.76. The summed E-state index contributed by atoms with van der Waals surface area (Å²) >= 11 is 0. The number of urea groups is 1. The molecule has 6 nitrogen and oxygen atoms in total. The van der Waals surface area contributed by atoms with Crippen LogP contribution < -0.4 is 10.6 Å². The Labute approximate surface area is 131 Å². The van der Waals surface area contributed by atoms with Gasteiger partial charge in [0.2, 0.25) is 0 Å². The van der Waals surface area contributed by atoms with Crippen LogP contribution in [0.25, 0.3) is 0 Å². The van der Waals surface area contributed by atoms with Crippen molar-refractivity contribution in [3.63, 3.8) is 0 Å². The Morgan fingerprint density at radius 2 is 2.09 bits per heavy atom. The van der Waals surface area contributed by atoms with Gasteiger partial charge in [0, 0.05) is 26.2 Å². The molecule has 3 aliphatic heterocycles. The Kier molecular flexibility index (Phi) is 4.49. The van der Waals surface area contributed by atoms with Crippen LogP contribution in [0.5, 0.6) is 0 Å². The number of carbonyl (C=O) groups excluding carboxylic acids is 2. The number of likely N-dealkylation sites (tertiary alicyclic amines) is 1. The molecule has 1 unspecified atom stereocenters. The Balaban J connectivity index is 1.62. The molecular weight excluding hydrogens is 280 g/mol. The van der Waals surface area contributed by atoms with Crippen LogP contribution in [0, 0.1) is 5.92 Å². The van der Waals surface area contributed by atoms with E-state index < -0.39 is 5.54 Å². The first kappa shape index (κ1) is 15.5. The van der Waals surface area contributed by atoms with Gasteiger partial charge in [-0.25, -0.2) is 4.79 Å².